The average molecular weight is 486 g/mol. The molecule has 0 heterocycles. The molecule has 0 spiro atoms. The lowest BCUT2D eigenvalue weighted by Crippen LogP contribution is -2.11. The first-order chi connectivity index (χ1) is 15.8. The number of rotatable bonds is 27. The van der Waals surface area contributed by atoms with Crippen LogP contribution in [0.15, 0.2) is 12.2 Å². The topological polar surface area (TPSA) is 3.24 Å². The van der Waals surface area contributed by atoms with Crippen molar-refractivity contribution in [3.63, 3.8) is 0 Å². The van der Waals surface area contributed by atoms with Crippen molar-refractivity contribution in [2.45, 2.75) is 167 Å². The van der Waals surface area contributed by atoms with Crippen LogP contribution in [-0.4, -0.2) is 25.5 Å². The van der Waals surface area contributed by atoms with Gasteiger partial charge in [0.2, 0.25) is 0 Å². The second-order valence-electron chi connectivity index (χ2n) is 10.6. The highest BCUT2D eigenvalue weighted by atomic mass is 35.5. The number of allylic oxidation sites excluding steroid dienone is 1. The molecule has 0 unspecified atom stereocenters. The van der Waals surface area contributed by atoms with Crippen molar-refractivity contribution in [3.8, 4) is 0 Å². The number of hydrogen-bond donors (Lipinski definition) is 0. The van der Waals surface area contributed by atoms with Crippen LogP contribution in [0.2, 0.25) is 0 Å². The molecule has 33 heavy (non-hydrogen) atoms. The molecule has 0 saturated carbocycles. The maximum atomic E-state index is 2.39. The van der Waals surface area contributed by atoms with Crippen molar-refractivity contribution < 1.29 is 0 Å². The van der Waals surface area contributed by atoms with Crippen LogP contribution in [0.5, 0.6) is 0 Å². The predicted octanol–water partition coefficient (Wildman–Crippen LogP) is 11.3. The van der Waals surface area contributed by atoms with Crippen LogP contribution in [0.1, 0.15) is 167 Å². The Hall–Kier alpha value is -0.0100. The van der Waals surface area contributed by atoms with Crippen LogP contribution in [0.3, 0.4) is 0 Å². The Labute approximate surface area is 217 Å². The molecule has 2 heteroatoms. The molecule has 200 valence electrons. The second-order valence-corrected chi connectivity index (χ2v) is 10.6. The smallest absolute Gasteiger partial charge is 0.000980 e. The summed E-state index contributed by atoms with van der Waals surface area (Å²) in [5.41, 5.74) is 0. The lowest BCUT2D eigenvalue weighted by molar-refractivity contribution is 0.417. The van der Waals surface area contributed by atoms with E-state index in [0.717, 1.165) is 0 Å². The predicted molar refractivity (Wildman–Crippen MR) is 156 cm³/mol. The molecule has 0 aliphatic rings. The van der Waals surface area contributed by atoms with Crippen LogP contribution in [0, 0.1) is 0 Å². The van der Waals surface area contributed by atoms with E-state index in [0.29, 0.717) is 0 Å². The van der Waals surface area contributed by atoms with Crippen molar-refractivity contribution in [2.75, 3.05) is 20.6 Å². The summed E-state index contributed by atoms with van der Waals surface area (Å²) >= 11 is 0. The Morgan fingerprint density at radius 1 is 0.394 bits per heavy atom. The van der Waals surface area contributed by atoms with E-state index in [9.17, 15) is 0 Å². The number of unbranched alkanes of at least 4 members (excludes halogenated alkanes) is 23. The molecule has 0 aliphatic heterocycles. The van der Waals surface area contributed by atoms with Gasteiger partial charge in [-0.3, -0.25) is 0 Å². The normalized spacial score (nSPS) is 11.5. The van der Waals surface area contributed by atoms with Gasteiger partial charge in [0.15, 0.2) is 0 Å². The summed E-state index contributed by atoms with van der Waals surface area (Å²) in [4.78, 5) is 2.25. The van der Waals surface area contributed by atoms with Gasteiger partial charge in [0.25, 0.3) is 0 Å². The third-order valence-corrected chi connectivity index (χ3v) is 6.88. The maximum Gasteiger partial charge on any atom is 0.000980 e. The van der Waals surface area contributed by atoms with E-state index in [2.05, 4.69) is 38.1 Å². The first-order valence-electron chi connectivity index (χ1n) is 15.1. The van der Waals surface area contributed by atoms with Crippen LogP contribution in [0.25, 0.3) is 0 Å². The molecule has 0 atom stereocenters. The lowest BCUT2D eigenvalue weighted by Gasteiger charge is -2.05. The zero-order chi connectivity index (χ0) is 23.4. The molecule has 0 radical (unpaired) electrons. The Kier molecular flexibility index (Phi) is 34.1. The number of hydrogen-bond acceptors (Lipinski definition) is 1. The summed E-state index contributed by atoms with van der Waals surface area (Å²) in [5, 5.41) is 0. The zero-order valence-corrected chi connectivity index (χ0v) is 24.2. The minimum atomic E-state index is 0. The number of nitrogens with zero attached hydrogens (tertiary/aromatic N) is 1. The van der Waals surface area contributed by atoms with Crippen LogP contribution in [0.4, 0.5) is 0 Å². The van der Waals surface area contributed by atoms with Crippen molar-refractivity contribution >= 4 is 12.4 Å². The molecule has 0 N–H and O–H groups in total. The molecule has 0 aliphatic carbocycles. The molecule has 0 fully saturated rings. The van der Waals surface area contributed by atoms with Crippen LogP contribution in [-0.2, 0) is 0 Å². The molecule has 0 rings (SSSR count). The standard InChI is InChI=1S/C31H63N.ClH/c1-4-5-6-7-8-9-10-11-12-13-14-15-16-17-18-19-20-21-22-23-24-25-26-27-28-29-30-31-32(2)3;/h28-29H,4-27,30-31H2,1-3H3;1H. The van der Waals surface area contributed by atoms with Crippen molar-refractivity contribution in [3.05, 3.63) is 12.2 Å². The quantitative estimate of drug-likeness (QED) is 0.0825. The zero-order valence-electron chi connectivity index (χ0n) is 23.4. The van der Waals surface area contributed by atoms with Crippen LogP contribution < -0.4 is 0 Å². The van der Waals surface area contributed by atoms with Gasteiger partial charge in [-0.05, 0) is 33.4 Å². The maximum absolute atomic E-state index is 2.39. The van der Waals surface area contributed by atoms with E-state index in [-0.39, 0.29) is 12.4 Å². The van der Waals surface area contributed by atoms with Crippen LogP contribution >= 0.6 is 12.4 Å². The van der Waals surface area contributed by atoms with E-state index in [4.69, 9.17) is 0 Å². The Morgan fingerprint density at radius 3 is 0.970 bits per heavy atom. The molecule has 0 amide bonds. The molecule has 0 bridgehead atoms. The highest BCUT2D eigenvalue weighted by molar-refractivity contribution is 5.85. The van der Waals surface area contributed by atoms with E-state index < -0.39 is 0 Å². The largest absolute Gasteiger partial charge is 0.309 e. The molecular weight excluding hydrogens is 422 g/mol. The third-order valence-electron chi connectivity index (χ3n) is 6.88. The molecule has 1 nitrogen and oxygen atoms in total. The molecular formula is C31H64ClN. The third kappa shape index (κ3) is 34.2. The monoisotopic (exact) mass is 485 g/mol. The fourth-order valence-electron chi connectivity index (χ4n) is 4.62. The molecule has 0 aromatic heterocycles. The second kappa shape index (κ2) is 32.0. The highest BCUT2D eigenvalue weighted by Gasteiger charge is 1.96. The Bertz CT molecular complexity index is 353. The molecule has 0 aromatic carbocycles. The lowest BCUT2D eigenvalue weighted by atomic mass is 10.0. The van der Waals surface area contributed by atoms with Gasteiger partial charge < -0.3 is 4.90 Å². The van der Waals surface area contributed by atoms with Gasteiger partial charge in [0.05, 0.1) is 0 Å². The van der Waals surface area contributed by atoms with Crippen molar-refractivity contribution in [1.82, 2.24) is 4.90 Å². The Balaban J connectivity index is 0. The minimum absolute atomic E-state index is 0. The van der Waals surface area contributed by atoms with E-state index in [1.807, 2.05) is 0 Å². The summed E-state index contributed by atoms with van der Waals surface area (Å²) in [6.07, 6.45) is 41.0. The van der Waals surface area contributed by atoms with Gasteiger partial charge in [-0.1, -0.05) is 160 Å². The summed E-state index contributed by atoms with van der Waals surface area (Å²) in [5.74, 6) is 0. The van der Waals surface area contributed by atoms with Crippen molar-refractivity contribution in [1.29, 1.82) is 0 Å². The molecule has 0 saturated heterocycles. The van der Waals surface area contributed by atoms with Gasteiger partial charge in [0.1, 0.15) is 0 Å². The fraction of sp³-hybridized carbons (Fsp3) is 0.935. The van der Waals surface area contributed by atoms with Crippen molar-refractivity contribution in [2.24, 2.45) is 0 Å². The average Bonchev–Trinajstić information content (AvgIpc) is 2.78. The first-order valence-corrected chi connectivity index (χ1v) is 15.1. The van der Waals surface area contributed by atoms with Gasteiger partial charge >= 0.3 is 0 Å². The first kappa shape index (κ1) is 35.2. The van der Waals surface area contributed by atoms with E-state index >= 15 is 0 Å². The minimum Gasteiger partial charge on any atom is -0.309 e. The summed E-state index contributed by atoms with van der Waals surface area (Å²) in [6.45, 7) is 3.48. The summed E-state index contributed by atoms with van der Waals surface area (Å²) in [7, 11) is 4.29. The fourth-order valence-corrected chi connectivity index (χ4v) is 4.62. The molecule has 0 aromatic rings. The number of halogens is 1. The SMILES string of the molecule is CCCCCCCCCCCCCCCCCCCCCCCCCC=CCCN(C)C.Cl. The van der Waals surface area contributed by atoms with Gasteiger partial charge in [-0.25, -0.2) is 0 Å². The summed E-state index contributed by atoms with van der Waals surface area (Å²) in [6, 6.07) is 0. The van der Waals surface area contributed by atoms with Gasteiger partial charge in [-0.2, -0.15) is 0 Å². The van der Waals surface area contributed by atoms with Gasteiger partial charge in [-0.15, -0.1) is 12.4 Å². The highest BCUT2D eigenvalue weighted by Crippen LogP contribution is 2.15. The van der Waals surface area contributed by atoms with Gasteiger partial charge in [0, 0.05) is 6.54 Å². The Morgan fingerprint density at radius 2 is 0.667 bits per heavy atom. The summed E-state index contributed by atoms with van der Waals surface area (Å²) < 4.78 is 0. The van der Waals surface area contributed by atoms with E-state index in [1.54, 1.807) is 0 Å². The van der Waals surface area contributed by atoms with E-state index in [1.165, 1.54) is 167 Å².